The molecule has 2 rings (SSSR count). The lowest BCUT2D eigenvalue weighted by Crippen LogP contribution is -2.47. The van der Waals surface area contributed by atoms with E-state index in [0.29, 0.717) is 13.2 Å². The molecule has 0 aromatic carbocycles. The Balaban J connectivity index is 2.23. The first kappa shape index (κ1) is 16.2. The Bertz CT molecular complexity index is 433. The SMILES string of the molecule is CCCOc1cncc(C(NN)C2(OCC)CCCC2)c1. The van der Waals surface area contributed by atoms with Crippen LogP contribution in [0.2, 0.25) is 0 Å². The minimum absolute atomic E-state index is 0.0578. The average molecular weight is 293 g/mol. The second-order valence-corrected chi connectivity index (χ2v) is 5.61. The quantitative estimate of drug-likeness (QED) is 0.570. The van der Waals surface area contributed by atoms with Crippen molar-refractivity contribution in [3.8, 4) is 5.75 Å². The summed E-state index contributed by atoms with van der Waals surface area (Å²) in [6.45, 7) is 5.51. The number of hydrogen-bond donors (Lipinski definition) is 2. The van der Waals surface area contributed by atoms with Gasteiger partial charge >= 0.3 is 0 Å². The fourth-order valence-corrected chi connectivity index (χ4v) is 3.22. The average Bonchev–Trinajstić information content (AvgIpc) is 2.96. The second kappa shape index (κ2) is 7.73. The van der Waals surface area contributed by atoms with E-state index in [1.54, 1.807) is 6.20 Å². The predicted molar refractivity (Wildman–Crippen MR) is 82.9 cm³/mol. The lowest BCUT2D eigenvalue weighted by molar-refractivity contribution is -0.0628. The highest BCUT2D eigenvalue weighted by Crippen LogP contribution is 2.42. The largest absolute Gasteiger partial charge is 0.492 e. The van der Waals surface area contributed by atoms with Crippen molar-refractivity contribution in [2.24, 2.45) is 5.84 Å². The molecule has 118 valence electrons. The summed E-state index contributed by atoms with van der Waals surface area (Å²) in [6.07, 6.45) is 8.98. The van der Waals surface area contributed by atoms with E-state index in [0.717, 1.165) is 30.6 Å². The van der Waals surface area contributed by atoms with E-state index in [4.69, 9.17) is 15.3 Å². The van der Waals surface area contributed by atoms with E-state index >= 15 is 0 Å². The molecule has 0 radical (unpaired) electrons. The van der Waals surface area contributed by atoms with Crippen LogP contribution in [0.3, 0.4) is 0 Å². The Labute approximate surface area is 127 Å². The first-order valence-corrected chi connectivity index (χ1v) is 7.93. The van der Waals surface area contributed by atoms with Gasteiger partial charge in [0, 0.05) is 12.8 Å². The number of pyridine rings is 1. The maximum absolute atomic E-state index is 6.11. The zero-order valence-corrected chi connectivity index (χ0v) is 13.1. The molecular formula is C16H27N3O2. The zero-order chi connectivity index (χ0) is 15.1. The maximum atomic E-state index is 6.11. The fraction of sp³-hybridized carbons (Fsp3) is 0.688. The highest BCUT2D eigenvalue weighted by atomic mass is 16.5. The standard InChI is InChI=1S/C16H27N3O2/c1-3-9-20-14-10-13(11-18-12-14)15(19-17)16(21-4-2)7-5-6-8-16/h10-12,15,19H,3-9,17H2,1-2H3. The molecule has 1 saturated carbocycles. The number of hydrogen-bond acceptors (Lipinski definition) is 5. The normalized spacial score (nSPS) is 18.6. The number of rotatable bonds is 8. The van der Waals surface area contributed by atoms with Gasteiger partial charge in [0.25, 0.3) is 0 Å². The van der Waals surface area contributed by atoms with E-state index in [9.17, 15) is 0 Å². The number of nitrogens with one attached hydrogen (secondary N) is 1. The van der Waals surface area contributed by atoms with Gasteiger partial charge in [-0.3, -0.25) is 16.3 Å². The minimum Gasteiger partial charge on any atom is -0.492 e. The second-order valence-electron chi connectivity index (χ2n) is 5.61. The van der Waals surface area contributed by atoms with Crippen molar-refractivity contribution in [2.45, 2.75) is 57.6 Å². The molecule has 0 amide bonds. The maximum Gasteiger partial charge on any atom is 0.137 e. The number of nitrogens with two attached hydrogens (primary N) is 1. The molecule has 0 saturated heterocycles. The predicted octanol–water partition coefficient (Wildman–Crippen LogP) is 2.72. The van der Waals surface area contributed by atoms with Gasteiger partial charge in [-0.15, -0.1) is 0 Å². The third-order valence-corrected chi connectivity index (χ3v) is 4.11. The Morgan fingerprint density at radius 1 is 1.33 bits per heavy atom. The smallest absolute Gasteiger partial charge is 0.137 e. The van der Waals surface area contributed by atoms with E-state index in [1.165, 1.54) is 12.8 Å². The Morgan fingerprint density at radius 3 is 2.71 bits per heavy atom. The Morgan fingerprint density at radius 2 is 2.10 bits per heavy atom. The lowest BCUT2D eigenvalue weighted by Gasteiger charge is -2.37. The lowest BCUT2D eigenvalue weighted by atomic mass is 9.87. The van der Waals surface area contributed by atoms with Crippen LogP contribution in [0.15, 0.2) is 18.5 Å². The molecule has 0 aliphatic heterocycles. The summed E-state index contributed by atoms with van der Waals surface area (Å²) in [5.74, 6) is 6.64. The topological polar surface area (TPSA) is 69.4 Å². The van der Waals surface area contributed by atoms with Gasteiger partial charge in [0.2, 0.25) is 0 Å². The first-order valence-electron chi connectivity index (χ1n) is 7.93. The molecule has 1 heterocycles. The molecule has 21 heavy (non-hydrogen) atoms. The molecule has 1 aromatic heterocycles. The monoisotopic (exact) mass is 293 g/mol. The van der Waals surface area contributed by atoms with Crippen molar-refractivity contribution in [2.75, 3.05) is 13.2 Å². The summed E-state index contributed by atoms with van der Waals surface area (Å²) in [5.41, 5.74) is 3.75. The van der Waals surface area contributed by atoms with E-state index in [1.807, 2.05) is 19.2 Å². The Kier molecular flexibility index (Phi) is 5.96. The van der Waals surface area contributed by atoms with Crippen LogP contribution >= 0.6 is 0 Å². The van der Waals surface area contributed by atoms with Crippen LogP contribution in [-0.4, -0.2) is 23.8 Å². The third kappa shape index (κ3) is 3.73. The van der Waals surface area contributed by atoms with Gasteiger partial charge in [0.15, 0.2) is 0 Å². The number of aromatic nitrogens is 1. The molecule has 3 N–H and O–H groups in total. The molecule has 5 nitrogen and oxygen atoms in total. The Hall–Kier alpha value is -1.17. The van der Waals surface area contributed by atoms with E-state index in [2.05, 4.69) is 17.3 Å². The van der Waals surface area contributed by atoms with Gasteiger partial charge in [0.1, 0.15) is 5.75 Å². The first-order chi connectivity index (χ1) is 10.3. The van der Waals surface area contributed by atoms with Crippen LogP contribution in [-0.2, 0) is 4.74 Å². The van der Waals surface area contributed by atoms with E-state index < -0.39 is 0 Å². The molecular weight excluding hydrogens is 266 g/mol. The van der Waals surface area contributed by atoms with E-state index in [-0.39, 0.29) is 11.6 Å². The molecule has 1 atom stereocenters. The van der Waals surface area contributed by atoms with Crippen molar-refractivity contribution in [3.63, 3.8) is 0 Å². The summed E-state index contributed by atoms with van der Waals surface area (Å²) in [6, 6.07) is 1.96. The fourth-order valence-electron chi connectivity index (χ4n) is 3.22. The number of ether oxygens (including phenoxy) is 2. The van der Waals surface area contributed by atoms with Gasteiger partial charge in [-0.2, -0.15) is 0 Å². The van der Waals surface area contributed by atoms with Crippen LogP contribution in [0.4, 0.5) is 0 Å². The molecule has 1 aromatic rings. The van der Waals surface area contributed by atoms with Crippen molar-refractivity contribution < 1.29 is 9.47 Å². The van der Waals surface area contributed by atoms with Gasteiger partial charge in [0.05, 0.1) is 24.4 Å². The van der Waals surface area contributed by atoms with Crippen molar-refractivity contribution in [1.82, 2.24) is 10.4 Å². The molecule has 0 spiro atoms. The van der Waals surface area contributed by atoms with Crippen LogP contribution in [0.1, 0.15) is 57.6 Å². The van der Waals surface area contributed by atoms with Gasteiger partial charge in [-0.25, -0.2) is 0 Å². The number of nitrogens with zero attached hydrogens (tertiary/aromatic N) is 1. The van der Waals surface area contributed by atoms with Crippen LogP contribution in [0.5, 0.6) is 5.75 Å². The van der Waals surface area contributed by atoms with Gasteiger partial charge in [-0.1, -0.05) is 19.8 Å². The molecule has 5 heteroatoms. The minimum atomic E-state index is -0.228. The molecule has 1 aliphatic rings. The van der Waals surface area contributed by atoms with Crippen molar-refractivity contribution >= 4 is 0 Å². The summed E-state index contributed by atoms with van der Waals surface area (Å²) >= 11 is 0. The van der Waals surface area contributed by atoms with Crippen LogP contribution in [0, 0.1) is 0 Å². The summed E-state index contributed by atoms with van der Waals surface area (Å²) < 4.78 is 11.8. The molecule has 1 aliphatic carbocycles. The summed E-state index contributed by atoms with van der Waals surface area (Å²) in [5, 5.41) is 0. The molecule has 1 fully saturated rings. The highest BCUT2D eigenvalue weighted by molar-refractivity contribution is 5.28. The highest BCUT2D eigenvalue weighted by Gasteiger charge is 2.42. The van der Waals surface area contributed by atoms with Crippen molar-refractivity contribution in [3.05, 3.63) is 24.0 Å². The summed E-state index contributed by atoms with van der Waals surface area (Å²) in [4.78, 5) is 4.29. The van der Waals surface area contributed by atoms with Crippen LogP contribution < -0.4 is 16.0 Å². The van der Waals surface area contributed by atoms with Crippen molar-refractivity contribution in [1.29, 1.82) is 0 Å². The van der Waals surface area contributed by atoms with Gasteiger partial charge < -0.3 is 9.47 Å². The molecule has 1 unspecified atom stereocenters. The molecule has 0 bridgehead atoms. The summed E-state index contributed by atoms with van der Waals surface area (Å²) in [7, 11) is 0. The third-order valence-electron chi connectivity index (χ3n) is 4.11. The number of hydrazine groups is 1. The van der Waals surface area contributed by atoms with Gasteiger partial charge in [-0.05, 0) is 37.8 Å². The zero-order valence-electron chi connectivity index (χ0n) is 13.1. The van der Waals surface area contributed by atoms with Crippen LogP contribution in [0.25, 0.3) is 0 Å².